The van der Waals surface area contributed by atoms with Gasteiger partial charge in [-0.25, -0.2) is 4.99 Å². The van der Waals surface area contributed by atoms with Crippen LogP contribution in [0.1, 0.15) is 30.4 Å². The Kier molecular flexibility index (Phi) is 7.30. The van der Waals surface area contributed by atoms with E-state index in [9.17, 15) is 4.79 Å². The number of hydrogen-bond acceptors (Lipinski definition) is 3. The van der Waals surface area contributed by atoms with Crippen molar-refractivity contribution in [3.8, 4) is 0 Å². The highest BCUT2D eigenvalue weighted by Gasteiger charge is 2.23. The normalized spacial score (nSPS) is 19.2. The number of nitrogens with zero attached hydrogens (tertiary/aromatic N) is 3. The van der Waals surface area contributed by atoms with Crippen LogP contribution in [0.4, 0.5) is 5.69 Å². The maximum Gasteiger partial charge on any atom is 0.243 e. The third-order valence-electron chi connectivity index (χ3n) is 6.52. The number of aryl methyl sites for hydroxylation is 1. The molecule has 1 atom stereocenters. The Balaban J connectivity index is 1.38. The van der Waals surface area contributed by atoms with Gasteiger partial charge in [-0.1, -0.05) is 42.5 Å². The minimum atomic E-state index is 0.0130. The lowest BCUT2D eigenvalue weighted by molar-refractivity contribution is -0.127. The number of para-hydroxylation sites is 1. The number of aliphatic imine (C=N–C) groups is 1. The summed E-state index contributed by atoms with van der Waals surface area (Å²) >= 11 is 0. The zero-order valence-corrected chi connectivity index (χ0v) is 19.3. The number of benzene rings is 2. The monoisotopic (exact) mass is 433 g/mol. The Morgan fingerprint density at radius 2 is 1.59 bits per heavy atom. The maximum atomic E-state index is 12.2. The van der Waals surface area contributed by atoms with Gasteiger partial charge < -0.3 is 20.4 Å². The Hall–Kier alpha value is -3.02. The molecule has 0 bridgehead atoms. The molecule has 1 aliphatic carbocycles. The van der Waals surface area contributed by atoms with E-state index in [4.69, 9.17) is 0 Å². The third-order valence-corrected chi connectivity index (χ3v) is 6.52. The predicted molar refractivity (Wildman–Crippen MR) is 131 cm³/mol. The Bertz CT molecular complexity index is 919. The molecule has 0 spiro atoms. The van der Waals surface area contributed by atoms with Crippen molar-refractivity contribution in [2.75, 3.05) is 38.6 Å². The number of piperidine rings is 1. The van der Waals surface area contributed by atoms with E-state index < -0.39 is 0 Å². The molecule has 170 valence electrons. The van der Waals surface area contributed by atoms with Gasteiger partial charge in [-0.05, 0) is 55.4 Å². The summed E-state index contributed by atoms with van der Waals surface area (Å²) in [6.45, 7) is 2.19. The maximum absolute atomic E-state index is 12.2. The van der Waals surface area contributed by atoms with Crippen LogP contribution in [-0.4, -0.2) is 62.6 Å². The second-order valence-corrected chi connectivity index (χ2v) is 9.05. The zero-order chi connectivity index (χ0) is 22.3. The summed E-state index contributed by atoms with van der Waals surface area (Å²) in [5.74, 6) is 0.779. The summed E-state index contributed by atoms with van der Waals surface area (Å²) in [7, 11) is 3.55. The summed E-state index contributed by atoms with van der Waals surface area (Å²) < 4.78 is 0. The molecule has 1 unspecified atom stereocenters. The first kappa shape index (κ1) is 22.2. The SMILES string of the molecule is CN(C)C(=O)CN=C(NC1CCN(c2ccccc2)CC1)NC1CCc2ccccc2C1. The molecule has 1 saturated heterocycles. The highest BCUT2D eigenvalue weighted by molar-refractivity contribution is 5.85. The highest BCUT2D eigenvalue weighted by Crippen LogP contribution is 2.22. The van der Waals surface area contributed by atoms with Crippen LogP contribution in [0.25, 0.3) is 0 Å². The standard InChI is InChI=1S/C26H35N5O/c1-30(2)25(32)19-27-26(29-23-13-12-20-8-6-7-9-21(20)18-23)28-22-14-16-31(17-15-22)24-10-4-3-5-11-24/h3-11,22-23H,12-19H2,1-2H3,(H2,27,28,29). The van der Waals surface area contributed by atoms with Crippen molar-refractivity contribution in [2.45, 2.75) is 44.2 Å². The summed E-state index contributed by atoms with van der Waals surface area (Å²) in [6.07, 6.45) is 5.24. The van der Waals surface area contributed by atoms with Gasteiger partial charge in [-0.15, -0.1) is 0 Å². The highest BCUT2D eigenvalue weighted by atomic mass is 16.2. The second kappa shape index (κ2) is 10.5. The molecule has 0 saturated carbocycles. The topological polar surface area (TPSA) is 60.0 Å². The van der Waals surface area contributed by atoms with Crippen LogP contribution >= 0.6 is 0 Å². The van der Waals surface area contributed by atoms with Crippen LogP contribution in [-0.2, 0) is 17.6 Å². The van der Waals surface area contributed by atoms with Crippen molar-refractivity contribution in [1.29, 1.82) is 0 Å². The van der Waals surface area contributed by atoms with E-state index >= 15 is 0 Å². The largest absolute Gasteiger partial charge is 0.371 e. The molecule has 1 aliphatic heterocycles. The molecule has 2 aromatic carbocycles. The molecule has 1 amide bonds. The van der Waals surface area contributed by atoms with Crippen molar-refractivity contribution < 1.29 is 4.79 Å². The number of carbonyl (C=O) groups excluding carboxylic acids is 1. The first-order valence-corrected chi connectivity index (χ1v) is 11.7. The van der Waals surface area contributed by atoms with E-state index in [0.717, 1.165) is 51.2 Å². The minimum Gasteiger partial charge on any atom is -0.371 e. The fourth-order valence-corrected chi connectivity index (χ4v) is 4.55. The molecular weight excluding hydrogens is 398 g/mol. The fraction of sp³-hybridized carbons (Fsp3) is 0.462. The minimum absolute atomic E-state index is 0.0130. The average Bonchev–Trinajstić information content (AvgIpc) is 2.83. The molecule has 0 radical (unpaired) electrons. The van der Waals surface area contributed by atoms with Gasteiger partial charge in [0.05, 0.1) is 0 Å². The number of rotatable bonds is 5. The number of hydrogen-bond donors (Lipinski definition) is 2. The lowest BCUT2D eigenvalue weighted by Crippen LogP contribution is -2.52. The van der Waals surface area contributed by atoms with Crippen molar-refractivity contribution in [2.24, 2.45) is 4.99 Å². The van der Waals surface area contributed by atoms with Crippen LogP contribution in [0.2, 0.25) is 0 Å². The van der Waals surface area contributed by atoms with Crippen LogP contribution < -0.4 is 15.5 Å². The Morgan fingerprint density at radius 3 is 2.31 bits per heavy atom. The van der Waals surface area contributed by atoms with Crippen LogP contribution in [0.15, 0.2) is 59.6 Å². The van der Waals surface area contributed by atoms with E-state index in [2.05, 4.69) is 75.1 Å². The molecule has 2 aromatic rings. The van der Waals surface area contributed by atoms with Crippen molar-refractivity contribution in [3.05, 3.63) is 65.7 Å². The van der Waals surface area contributed by atoms with Crippen LogP contribution in [0, 0.1) is 0 Å². The van der Waals surface area contributed by atoms with E-state index in [-0.39, 0.29) is 12.5 Å². The third kappa shape index (κ3) is 5.81. The van der Waals surface area contributed by atoms with Gasteiger partial charge in [0.1, 0.15) is 6.54 Å². The average molecular weight is 434 g/mol. The van der Waals surface area contributed by atoms with Gasteiger partial charge in [0.25, 0.3) is 0 Å². The zero-order valence-electron chi connectivity index (χ0n) is 19.3. The van der Waals surface area contributed by atoms with Gasteiger partial charge in [-0.2, -0.15) is 0 Å². The second-order valence-electron chi connectivity index (χ2n) is 9.05. The molecular formula is C26H35N5O. The van der Waals surface area contributed by atoms with Gasteiger partial charge in [-0.3, -0.25) is 4.79 Å². The number of likely N-dealkylation sites (N-methyl/N-ethyl adjacent to an activating group) is 1. The molecule has 4 rings (SSSR count). The molecule has 0 aromatic heterocycles. The molecule has 2 N–H and O–H groups in total. The Morgan fingerprint density at radius 1 is 0.938 bits per heavy atom. The summed E-state index contributed by atoms with van der Waals surface area (Å²) in [5, 5.41) is 7.27. The summed E-state index contributed by atoms with van der Waals surface area (Å²) in [5.41, 5.74) is 4.15. The van der Waals surface area contributed by atoms with Gasteiger partial charge in [0, 0.05) is 45.0 Å². The fourth-order valence-electron chi connectivity index (χ4n) is 4.55. The predicted octanol–water partition coefficient (Wildman–Crippen LogP) is 2.84. The lowest BCUT2D eigenvalue weighted by atomic mass is 9.88. The molecule has 1 fully saturated rings. The number of guanidine groups is 1. The van der Waals surface area contributed by atoms with Gasteiger partial charge >= 0.3 is 0 Å². The smallest absolute Gasteiger partial charge is 0.243 e. The van der Waals surface area contributed by atoms with Crippen LogP contribution in [0.5, 0.6) is 0 Å². The quantitative estimate of drug-likeness (QED) is 0.562. The van der Waals surface area contributed by atoms with E-state index in [0.29, 0.717) is 12.1 Å². The number of carbonyl (C=O) groups is 1. The van der Waals surface area contributed by atoms with E-state index in [1.165, 1.54) is 16.8 Å². The van der Waals surface area contributed by atoms with Gasteiger partial charge in [0.2, 0.25) is 5.91 Å². The van der Waals surface area contributed by atoms with Crippen LogP contribution in [0.3, 0.4) is 0 Å². The molecule has 6 nitrogen and oxygen atoms in total. The van der Waals surface area contributed by atoms with Crippen molar-refractivity contribution >= 4 is 17.6 Å². The van der Waals surface area contributed by atoms with Crippen molar-refractivity contribution in [3.63, 3.8) is 0 Å². The summed E-state index contributed by atoms with van der Waals surface area (Å²) in [6, 6.07) is 20.0. The number of amides is 1. The number of anilines is 1. The van der Waals surface area contributed by atoms with E-state index in [1.54, 1.807) is 19.0 Å². The van der Waals surface area contributed by atoms with Gasteiger partial charge in [0.15, 0.2) is 5.96 Å². The lowest BCUT2D eigenvalue weighted by Gasteiger charge is -2.35. The molecule has 1 heterocycles. The summed E-state index contributed by atoms with van der Waals surface area (Å²) in [4.78, 5) is 20.8. The van der Waals surface area contributed by atoms with Crippen molar-refractivity contribution in [1.82, 2.24) is 15.5 Å². The molecule has 32 heavy (non-hydrogen) atoms. The first-order chi connectivity index (χ1) is 15.6. The number of fused-ring (bicyclic) bond motifs is 1. The van der Waals surface area contributed by atoms with E-state index in [1.807, 2.05) is 0 Å². The molecule has 6 heteroatoms. The first-order valence-electron chi connectivity index (χ1n) is 11.7. The molecule has 2 aliphatic rings. The number of nitrogens with one attached hydrogen (secondary N) is 2. The Labute approximate surface area is 191 Å².